The molecular formula is C18H19F3N6O3. The number of nitrogens with one attached hydrogen (secondary N) is 1. The Bertz CT molecular complexity index is 1050. The first-order valence-corrected chi connectivity index (χ1v) is 8.85. The fraction of sp³-hybridized carbons (Fsp3) is 0.389. The monoisotopic (exact) mass is 424 g/mol. The van der Waals surface area contributed by atoms with E-state index in [0.29, 0.717) is 17.3 Å². The lowest BCUT2D eigenvalue weighted by atomic mass is 10.1. The van der Waals surface area contributed by atoms with Crippen LogP contribution in [0.2, 0.25) is 0 Å². The Hall–Kier alpha value is -3.28. The topological polar surface area (TPSA) is 108 Å². The van der Waals surface area contributed by atoms with Crippen molar-refractivity contribution in [3.8, 4) is 11.4 Å². The third-order valence-electron chi connectivity index (χ3n) is 4.37. The van der Waals surface area contributed by atoms with Crippen LogP contribution in [-0.2, 0) is 18.0 Å². The van der Waals surface area contributed by atoms with Crippen molar-refractivity contribution in [2.45, 2.75) is 32.2 Å². The Morgan fingerprint density at radius 2 is 2.03 bits per heavy atom. The highest BCUT2D eigenvalue weighted by Crippen LogP contribution is 2.28. The first kappa shape index (κ1) is 21.4. The maximum atomic E-state index is 12.8. The van der Waals surface area contributed by atoms with Gasteiger partial charge in [0.15, 0.2) is 5.69 Å². The molecule has 0 saturated heterocycles. The molecule has 1 N–H and O–H groups in total. The van der Waals surface area contributed by atoms with Crippen molar-refractivity contribution in [3.63, 3.8) is 0 Å². The molecule has 0 bridgehead atoms. The number of methoxy groups -OCH3 is 1. The van der Waals surface area contributed by atoms with E-state index in [9.17, 15) is 18.0 Å². The van der Waals surface area contributed by atoms with Gasteiger partial charge in [-0.3, -0.25) is 14.5 Å². The minimum atomic E-state index is -4.65. The van der Waals surface area contributed by atoms with Gasteiger partial charge >= 0.3 is 6.18 Å². The normalized spacial score (nSPS) is 13.8. The molecule has 0 aliphatic carbocycles. The van der Waals surface area contributed by atoms with Crippen molar-refractivity contribution in [2.24, 2.45) is 7.05 Å². The summed E-state index contributed by atoms with van der Waals surface area (Å²) in [5.74, 6) is -0.388. The Balaban J connectivity index is 1.75. The van der Waals surface area contributed by atoms with Crippen LogP contribution in [0.4, 0.5) is 13.2 Å². The highest BCUT2D eigenvalue weighted by atomic mass is 19.4. The van der Waals surface area contributed by atoms with Gasteiger partial charge in [0.25, 0.3) is 5.91 Å². The molecule has 3 heterocycles. The molecule has 0 unspecified atom stereocenters. The predicted octanol–water partition coefficient (Wildman–Crippen LogP) is 3.08. The van der Waals surface area contributed by atoms with Gasteiger partial charge in [-0.05, 0) is 26.0 Å². The summed E-state index contributed by atoms with van der Waals surface area (Å²) in [4.78, 5) is 20.8. The second kappa shape index (κ2) is 8.22. The SMILES string of the molecule is CO[C@H](C)c1cc(-c2noc([C@H](C)NC(=O)c3cc(C(F)(F)F)nn3C)n2)ccn1. The molecule has 2 atom stereocenters. The Kier molecular flexibility index (Phi) is 5.87. The molecule has 0 radical (unpaired) electrons. The van der Waals surface area contributed by atoms with E-state index in [-0.39, 0.29) is 23.5 Å². The van der Waals surface area contributed by atoms with Crippen LogP contribution in [0.1, 0.15) is 53.8 Å². The van der Waals surface area contributed by atoms with Crippen LogP contribution >= 0.6 is 0 Å². The third-order valence-corrected chi connectivity index (χ3v) is 4.37. The van der Waals surface area contributed by atoms with Gasteiger partial charge in [-0.25, -0.2) is 0 Å². The van der Waals surface area contributed by atoms with E-state index in [1.807, 2.05) is 6.92 Å². The number of nitrogens with zero attached hydrogens (tertiary/aromatic N) is 5. The van der Waals surface area contributed by atoms with Crippen LogP contribution in [0.5, 0.6) is 0 Å². The van der Waals surface area contributed by atoms with Crippen LogP contribution in [0, 0.1) is 0 Å². The maximum absolute atomic E-state index is 12.8. The molecule has 3 rings (SSSR count). The second-order valence-electron chi connectivity index (χ2n) is 6.53. The zero-order valence-electron chi connectivity index (χ0n) is 16.6. The summed E-state index contributed by atoms with van der Waals surface area (Å²) < 4.78 is 49.7. The number of ether oxygens (including phenoxy) is 1. The van der Waals surface area contributed by atoms with Crippen molar-refractivity contribution in [1.82, 2.24) is 30.2 Å². The fourth-order valence-corrected chi connectivity index (χ4v) is 2.61. The standard InChI is InChI=1S/C18H19F3N6O3/c1-9(23-16(28)13-8-14(18(19,20)21)25-27(13)3)17-24-15(26-30-17)11-5-6-22-12(7-11)10(2)29-4/h5-10H,1-4H3,(H,23,28)/t9-,10+/m0/s1. The molecule has 0 aromatic carbocycles. The van der Waals surface area contributed by atoms with Crippen molar-refractivity contribution < 1.29 is 27.2 Å². The molecule has 0 fully saturated rings. The van der Waals surface area contributed by atoms with E-state index in [1.165, 1.54) is 7.05 Å². The van der Waals surface area contributed by atoms with Crippen molar-refractivity contribution >= 4 is 5.91 Å². The summed E-state index contributed by atoms with van der Waals surface area (Å²) >= 11 is 0. The largest absolute Gasteiger partial charge is 0.435 e. The van der Waals surface area contributed by atoms with Gasteiger partial charge in [-0.15, -0.1) is 0 Å². The van der Waals surface area contributed by atoms with Crippen LogP contribution < -0.4 is 5.32 Å². The lowest BCUT2D eigenvalue weighted by Crippen LogP contribution is -2.28. The number of amides is 1. The van der Waals surface area contributed by atoms with Gasteiger partial charge in [-0.2, -0.15) is 23.3 Å². The molecule has 30 heavy (non-hydrogen) atoms. The van der Waals surface area contributed by atoms with E-state index < -0.39 is 23.8 Å². The Labute approximate surface area is 169 Å². The summed E-state index contributed by atoms with van der Waals surface area (Å²) in [6.45, 7) is 3.41. The molecule has 3 aromatic heterocycles. The van der Waals surface area contributed by atoms with E-state index >= 15 is 0 Å². The Morgan fingerprint density at radius 3 is 2.67 bits per heavy atom. The number of halogens is 3. The van der Waals surface area contributed by atoms with Gasteiger partial charge in [-0.1, -0.05) is 5.16 Å². The average molecular weight is 424 g/mol. The van der Waals surface area contributed by atoms with Crippen LogP contribution in [0.3, 0.4) is 0 Å². The molecule has 12 heteroatoms. The number of hydrogen-bond acceptors (Lipinski definition) is 7. The van der Waals surface area contributed by atoms with Crippen LogP contribution in [0.15, 0.2) is 28.9 Å². The summed E-state index contributed by atoms with van der Waals surface area (Å²) in [5.41, 5.74) is -0.0823. The minimum Gasteiger partial charge on any atom is -0.375 e. The van der Waals surface area contributed by atoms with Gasteiger partial charge in [0.1, 0.15) is 11.7 Å². The minimum absolute atomic E-state index is 0.0923. The van der Waals surface area contributed by atoms with E-state index in [0.717, 1.165) is 4.68 Å². The predicted molar refractivity (Wildman–Crippen MR) is 97.0 cm³/mol. The molecule has 0 saturated carbocycles. The maximum Gasteiger partial charge on any atom is 0.435 e. The highest BCUT2D eigenvalue weighted by Gasteiger charge is 2.35. The average Bonchev–Trinajstić information content (AvgIpc) is 3.34. The Morgan fingerprint density at radius 1 is 1.30 bits per heavy atom. The number of pyridine rings is 1. The number of aryl methyl sites for hydroxylation is 1. The van der Waals surface area contributed by atoms with Crippen LogP contribution in [-0.4, -0.2) is 37.9 Å². The molecule has 9 nitrogen and oxygen atoms in total. The van der Waals surface area contributed by atoms with E-state index in [4.69, 9.17) is 9.26 Å². The van der Waals surface area contributed by atoms with Crippen molar-refractivity contribution in [2.75, 3.05) is 7.11 Å². The van der Waals surface area contributed by atoms with Gasteiger partial charge in [0.2, 0.25) is 11.7 Å². The summed E-state index contributed by atoms with van der Waals surface area (Å²) in [6, 6.07) is 3.37. The second-order valence-corrected chi connectivity index (χ2v) is 6.53. The van der Waals surface area contributed by atoms with E-state index in [2.05, 4.69) is 25.5 Å². The number of hydrogen-bond donors (Lipinski definition) is 1. The smallest absolute Gasteiger partial charge is 0.375 e. The lowest BCUT2D eigenvalue weighted by molar-refractivity contribution is -0.141. The molecule has 3 aromatic rings. The highest BCUT2D eigenvalue weighted by molar-refractivity contribution is 5.92. The lowest BCUT2D eigenvalue weighted by Gasteiger charge is -2.09. The van der Waals surface area contributed by atoms with Gasteiger partial charge in [0, 0.05) is 32.0 Å². The third kappa shape index (κ3) is 4.48. The molecule has 1 amide bonds. The zero-order chi connectivity index (χ0) is 22.1. The number of alkyl halides is 3. The molecule has 0 spiro atoms. The van der Waals surface area contributed by atoms with Crippen LogP contribution in [0.25, 0.3) is 11.4 Å². The number of aromatic nitrogens is 5. The zero-order valence-corrected chi connectivity index (χ0v) is 16.6. The quantitative estimate of drug-likeness (QED) is 0.648. The number of carbonyl (C=O) groups is 1. The first-order valence-electron chi connectivity index (χ1n) is 8.85. The summed E-state index contributed by atoms with van der Waals surface area (Å²) in [6.07, 6.45) is -3.29. The first-order chi connectivity index (χ1) is 14.1. The fourth-order valence-electron chi connectivity index (χ4n) is 2.61. The summed E-state index contributed by atoms with van der Waals surface area (Å²) in [5, 5.41) is 9.74. The number of carbonyl (C=O) groups excluding carboxylic acids is 1. The number of rotatable bonds is 6. The van der Waals surface area contributed by atoms with Gasteiger partial charge in [0.05, 0.1) is 11.8 Å². The van der Waals surface area contributed by atoms with Crippen molar-refractivity contribution in [1.29, 1.82) is 0 Å². The van der Waals surface area contributed by atoms with Gasteiger partial charge < -0.3 is 14.6 Å². The molecule has 160 valence electrons. The molecule has 0 aliphatic rings. The van der Waals surface area contributed by atoms with E-state index in [1.54, 1.807) is 32.4 Å². The van der Waals surface area contributed by atoms with Crippen molar-refractivity contribution in [3.05, 3.63) is 47.4 Å². The summed E-state index contributed by atoms with van der Waals surface area (Å²) in [7, 11) is 2.82. The molecular weight excluding hydrogens is 405 g/mol. The molecule has 0 aliphatic heterocycles.